The molecule has 2 unspecified atom stereocenters. The van der Waals surface area contributed by atoms with Gasteiger partial charge in [-0.3, -0.25) is 14.6 Å². The zero-order valence-electron chi connectivity index (χ0n) is 12.0. The molecule has 2 atom stereocenters. The molecule has 21 heavy (non-hydrogen) atoms. The molecule has 9 heteroatoms. The molecule has 0 spiro atoms. The summed E-state index contributed by atoms with van der Waals surface area (Å²) >= 11 is 0. The zero-order valence-corrected chi connectivity index (χ0v) is 12.9. The van der Waals surface area contributed by atoms with Gasteiger partial charge in [-0.05, 0) is 25.7 Å². The topological polar surface area (TPSA) is 134 Å². The Morgan fingerprint density at radius 3 is 2.52 bits per heavy atom. The van der Waals surface area contributed by atoms with E-state index in [9.17, 15) is 24.9 Å². The first-order valence-corrected chi connectivity index (χ1v) is 9.02. The van der Waals surface area contributed by atoms with Gasteiger partial charge in [0.25, 0.3) is 5.91 Å². The number of nitriles is 1. The first kappa shape index (κ1) is 18.1. The molecule has 1 amide bonds. The number of carbonyl (C=O) groups excluding carboxylic acids is 1. The third kappa shape index (κ3) is 4.77. The fourth-order valence-electron chi connectivity index (χ4n) is 2.30. The standard InChI is InChI=1S/C12H22N3O5P/c1-21(19,20)11(17)8-14-7-10(16)15(18)12(9-13)5-3-2-4-6-12/h11,14,17-18H,2-8H2,1H3,(H,19,20). The third-order valence-electron chi connectivity index (χ3n) is 3.69. The summed E-state index contributed by atoms with van der Waals surface area (Å²) in [5, 5.41) is 31.6. The fourth-order valence-corrected chi connectivity index (χ4v) is 2.77. The minimum absolute atomic E-state index is 0.247. The highest BCUT2D eigenvalue weighted by atomic mass is 31.2. The lowest BCUT2D eigenvalue weighted by atomic mass is 9.82. The molecule has 1 aliphatic rings. The molecule has 1 fully saturated rings. The van der Waals surface area contributed by atoms with E-state index in [1.54, 1.807) is 0 Å². The van der Waals surface area contributed by atoms with Gasteiger partial charge in [-0.15, -0.1) is 0 Å². The van der Waals surface area contributed by atoms with Crippen LogP contribution in [-0.4, -0.2) is 57.3 Å². The number of nitrogens with one attached hydrogen (secondary N) is 1. The molecule has 0 aromatic rings. The van der Waals surface area contributed by atoms with E-state index in [1.165, 1.54) is 0 Å². The Bertz CT molecular complexity index is 452. The Balaban J connectivity index is 2.51. The van der Waals surface area contributed by atoms with Gasteiger partial charge in [0.15, 0.2) is 5.54 Å². The lowest BCUT2D eigenvalue weighted by Gasteiger charge is -2.36. The van der Waals surface area contributed by atoms with Crippen LogP contribution in [0.1, 0.15) is 32.1 Å². The highest BCUT2D eigenvalue weighted by molar-refractivity contribution is 7.57. The predicted molar refractivity (Wildman–Crippen MR) is 74.7 cm³/mol. The molecule has 0 aromatic heterocycles. The molecule has 0 saturated heterocycles. The van der Waals surface area contributed by atoms with Gasteiger partial charge in [0.1, 0.15) is 5.85 Å². The number of hydrogen-bond donors (Lipinski definition) is 4. The Morgan fingerprint density at radius 2 is 2.05 bits per heavy atom. The zero-order chi connectivity index (χ0) is 16.1. The smallest absolute Gasteiger partial charge is 0.261 e. The average molecular weight is 319 g/mol. The maximum atomic E-state index is 11.9. The number of aliphatic hydroxyl groups excluding tert-OH is 1. The van der Waals surface area contributed by atoms with Gasteiger partial charge >= 0.3 is 0 Å². The van der Waals surface area contributed by atoms with E-state index in [2.05, 4.69) is 5.32 Å². The van der Waals surface area contributed by atoms with Gasteiger partial charge < -0.3 is 15.3 Å². The van der Waals surface area contributed by atoms with Crippen LogP contribution in [0.15, 0.2) is 0 Å². The van der Waals surface area contributed by atoms with Crippen molar-refractivity contribution >= 4 is 13.3 Å². The summed E-state index contributed by atoms with van der Waals surface area (Å²) in [6.45, 7) is 0.451. The summed E-state index contributed by atoms with van der Waals surface area (Å²) in [4.78, 5) is 21.0. The van der Waals surface area contributed by atoms with Crippen LogP contribution >= 0.6 is 7.37 Å². The minimum atomic E-state index is -3.63. The van der Waals surface area contributed by atoms with Crippen molar-refractivity contribution < 1.29 is 24.6 Å². The van der Waals surface area contributed by atoms with E-state index in [1.807, 2.05) is 6.07 Å². The summed E-state index contributed by atoms with van der Waals surface area (Å²) in [5.41, 5.74) is -1.19. The number of carbonyl (C=O) groups is 1. The van der Waals surface area contributed by atoms with E-state index < -0.39 is 24.7 Å². The highest BCUT2D eigenvalue weighted by Gasteiger charge is 2.40. The number of hydrogen-bond acceptors (Lipinski definition) is 6. The van der Waals surface area contributed by atoms with Crippen molar-refractivity contribution in [1.82, 2.24) is 10.4 Å². The molecule has 0 heterocycles. The molecule has 120 valence electrons. The third-order valence-corrected chi connectivity index (χ3v) is 4.98. The van der Waals surface area contributed by atoms with Crippen molar-refractivity contribution in [2.75, 3.05) is 19.8 Å². The van der Waals surface area contributed by atoms with Crippen LogP contribution < -0.4 is 5.32 Å². The monoisotopic (exact) mass is 319 g/mol. The van der Waals surface area contributed by atoms with Crippen LogP contribution in [0.2, 0.25) is 0 Å². The highest BCUT2D eigenvalue weighted by Crippen LogP contribution is 2.39. The normalized spacial score (nSPS) is 21.9. The van der Waals surface area contributed by atoms with Crippen molar-refractivity contribution in [1.29, 1.82) is 5.26 Å². The van der Waals surface area contributed by atoms with E-state index >= 15 is 0 Å². The predicted octanol–water partition coefficient (Wildman–Crippen LogP) is 0.239. The summed E-state index contributed by atoms with van der Waals surface area (Å²) in [6.07, 6.45) is 3.36. The number of amides is 1. The van der Waals surface area contributed by atoms with Crippen molar-refractivity contribution in [3.8, 4) is 6.07 Å². The first-order chi connectivity index (χ1) is 9.73. The molecule has 4 N–H and O–H groups in total. The lowest BCUT2D eigenvalue weighted by Crippen LogP contribution is -2.52. The second-order valence-corrected chi connectivity index (χ2v) is 7.95. The van der Waals surface area contributed by atoms with E-state index in [0.717, 1.165) is 25.9 Å². The van der Waals surface area contributed by atoms with Crippen molar-refractivity contribution in [2.45, 2.75) is 43.5 Å². The van der Waals surface area contributed by atoms with E-state index in [4.69, 9.17) is 4.89 Å². The molecule has 8 nitrogen and oxygen atoms in total. The van der Waals surface area contributed by atoms with Crippen molar-refractivity contribution in [2.24, 2.45) is 0 Å². The summed E-state index contributed by atoms with van der Waals surface area (Å²) in [6, 6.07) is 2.01. The van der Waals surface area contributed by atoms with Gasteiger partial charge in [-0.1, -0.05) is 6.42 Å². The molecule has 1 aliphatic carbocycles. The van der Waals surface area contributed by atoms with Crippen LogP contribution in [0.25, 0.3) is 0 Å². The van der Waals surface area contributed by atoms with Crippen LogP contribution in [0, 0.1) is 11.3 Å². The van der Waals surface area contributed by atoms with Gasteiger partial charge in [-0.25, -0.2) is 5.06 Å². The molecule has 0 radical (unpaired) electrons. The summed E-state index contributed by atoms with van der Waals surface area (Å²) in [5.74, 6) is -2.17. The van der Waals surface area contributed by atoms with Gasteiger partial charge in [-0.2, -0.15) is 5.26 Å². The Morgan fingerprint density at radius 1 is 1.48 bits per heavy atom. The SMILES string of the molecule is CP(=O)(O)C(O)CNCC(=O)N(O)C1(C#N)CCCCC1. The molecular formula is C12H22N3O5P. The Hall–Kier alpha value is -0.970. The average Bonchev–Trinajstić information content (AvgIpc) is 2.45. The number of aliphatic hydroxyl groups is 1. The van der Waals surface area contributed by atoms with Gasteiger partial charge in [0.2, 0.25) is 7.37 Å². The molecule has 0 aliphatic heterocycles. The molecule has 1 saturated carbocycles. The van der Waals surface area contributed by atoms with Crippen LogP contribution in [-0.2, 0) is 9.36 Å². The second-order valence-electron chi connectivity index (χ2n) is 5.46. The second kappa shape index (κ2) is 7.34. The fraction of sp³-hybridized carbons (Fsp3) is 0.833. The molecular weight excluding hydrogens is 297 g/mol. The van der Waals surface area contributed by atoms with E-state index in [0.29, 0.717) is 17.9 Å². The van der Waals surface area contributed by atoms with Crippen LogP contribution in [0.3, 0.4) is 0 Å². The minimum Gasteiger partial charge on any atom is -0.382 e. The van der Waals surface area contributed by atoms with Gasteiger partial charge in [0.05, 0.1) is 12.6 Å². The maximum Gasteiger partial charge on any atom is 0.261 e. The van der Waals surface area contributed by atoms with Crippen LogP contribution in [0.4, 0.5) is 0 Å². The largest absolute Gasteiger partial charge is 0.382 e. The molecule has 1 rings (SSSR count). The quantitative estimate of drug-likeness (QED) is 0.313. The molecule has 0 aromatic carbocycles. The molecule has 0 bridgehead atoms. The van der Waals surface area contributed by atoms with Crippen molar-refractivity contribution in [3.05, 3.63) is 0 Å². The van der Waals surface area contributed by atoms with E-state index in [-0.39, 0.29) is 13.1 Å². The lowest BCUT2D eigenvalue weighted by molar-refractivity contribution is -0.188. The first-order valence-electron chi connectivity index (χ1n) is 6.85. The van der Waals surface area contributed by atoms with Crippen molar-refractivity contribution in [3.63, 3.8) is 0 Å². The Labute approximate surface area is 123 Å². The maximum absolute atomic E-state index is 11.9. The van der Waals surface area contributed by atoms with Gasteiger partial charge in [0, 0.05) is 13.2 Å². The number of rotatable bonds is 6. The van der Waals surface area contributed by atoms with Crippen LogP contribution in [0.5, 0.6) is 0 Å². The summed E-state index contributed by atoms with van der Waals surface area (Å²) < 4.78 is 11.1. The number of hydroxylamine groups is 2. The Kier molecular flexibility index (Phi) is 6.32. The number of nitrogens with zero attached hydrogens (tertiary/aromatic N) is 2. The summed E-state index contributed by atoms with van der Waals surface area (Å²) in [7, 11) is -3.63.